The van der Waals surface area contributed by atoms with E-state index in [9.17, 15) is 14.4 Å². The molecule has 0 aromatic heterocycles. The number of nitrogens with zero attached hydrogens (tertiary/aromatic N) is 1. The third kappa shape index (κ3) is 3.52. The number of aliphatic carboxylic acids is 1. The minimum atomic E-state index is -0.793. The molecular weight excluding hydrogens is 270 g/mol. The Balaban J connectivity index is 1.89. The summed E-state index contributed by atoms with van der Waals surface area (Å²) in [4.78, 5) is 36.6. The number of carbonyl (C=O) groups excluding carboxylic acids is 2. The van der Waals surface area contributed by atoms with Gasteiger partial charge in [0, 0.05) is 13.0 Å². The number of amides is 2. The van der Waals surface area contributed by atoms with Gasteiger partial charge in [0.1, 0.15) is 0 Å². The van der Waals surface area contributed by atoms with Gasteiger partial charge in [-0.05, 0) is 31.6 Å². The first kappa shape index (κ1) is 15.7. The number of carboxylic acid groups (broad SMARTS) is 1. The highest BCUT2D eigenvalue weighted by atomic mass is 16.4. The highest BCUT2D eigenvalue weighted by Crippen LogP contribution is 2.35. The summed E-state index contributed by atoms with van der Waals surface area (Å²) < 4.78 is 0. The number of likely N-dealkylation sites (tertiary alicyclic amines) is 1. The lowest BCUT2D eigenvalue weighted by atomic mass is 9.85. The van der Waals surface area contributed by atoms with Crippen molar-refractivity contribution in [1.29, 1.82) is 0 Å². The number of carbonyl (C=O) groups is 3. The lowest BCUT2D eigenvalue weighted by Gasteiger charge is -2.19. The maximum absolute atomic E-state index is 12.3. The molecule has 0 aromatic carbocycles. The molecular formula is C16H23NO4. The molecule has 0 bridgehead atoms. The normalized spacial score (nSPS) is 26.0. The zero-order valence-electron chi connectivity index (χ0n) is 12.5. The van der Waals surface area contributed by atoms with Gasteiger partial charge in [-0.3, -0.25) is 19.3 Å². The highest BCUT2D eigenvalue weighted by Gasteiger charge is 2.46. The zero-order valence-corrected chi connectivity index (χ0v) is 12.5. The Morgan fingerprint density at radius 2 is 1.81 bits per heavy atom. The van der Waals surface area contributed by atoms with Gasteiger partial charge in [-0.1, -0.05) is 25.5 Å². The molecule has 116 valence electrons. The van der Waals surface area contributed by atoms with Crippen LogP contribution < -0.4 is 0 Å². The van der Waals surface area contributed by atoms with Crippen molar-refractivity contribution in [3.8, 4) is 0 Å². The lowest BCUT2D eigenvalue weighted by molar-refractivity contribution is -0.141. The van der Waals surface area contributed by atoms with Gasteiger partial charge in [0.05, 0.1) is 11.8 Å². The van der Waals surface area contributed by atoms with Crippen LogP contribution in [0.25, 0.3) is 0 Å². The van der Waals surface area contributed by atoms with Gasteiger partial charge in [-0.15, -0.1) is 0 Å². The summed E-state index contributed by atoms with van der Waals surface area (Å²) in [5.74, 6) is -0.950. The minimum absolute atomic E-state index is 0.0394. The molecule has 21 heavy (non-hydrogen) atoms. The molecule has 1 saturated heterocycles. The third-order valence-electron chi connectivity index (χ3n) is 4.70. The maximum atomic E-state index is 12.3. The van der Waals surface area contributed by atoms with Crippen LogP contribution in [0.3, 0.4) is 0 Å². The predicted molar refractivity (Wildman–Crippen MR) is 77.3 cm³/mol. The zero-order chi connectivity index (χ0) is 15.4. The first-order valence-corrected chi connectivity index (χ1v) is 7.76. The number of hydrogen-bond acceptors (Lipinski definition) is 3. The Hall–Kier alpha value is -1.65. The summed E-state index contributed by atoms with van der Waals surface area (Å²) >= 11 is 0. The largest absolute Gasteiger partial charge is 0.481 e. The van der Waals surface area contributed by atoms with E-state index in [0.717, 1.165) is 6.42 Å². The summed E-state index contributed by atoms with van der Waals surface area (Å²) in [5, 5.41) is 8.74. The Morgan fingerprint density at radius 3 is 2.29 bits per heavy atom. The van der Waals surface area contributed by atoms with Crippen LogP contribution in [0.4, 0.5) is 0 Å². The summed E-state index contributed by atoms with van der Waals surface area (Å²) in [6.07, 6.45) is 7.64. The fraction of sp³-hybridized carbons (Fsp3) is 0.688. The van der Waals surface area contributed by atoms with E-state index in [0.29, 0.717) is 32.2 Å². The van der Waals surface area contributed by atoms with E-state index in [1.165, 1.54) is 4.90 Å². The fourth-order valence-electron chi connectivity index (χ4n) is 3.28. The molecule has 1 fully saturated rings. The molecule has 5 heteroatoms. The molecule has 2 amide bonds. The van der Waals surface area contributed by atoms with Crippen molar-refractivity contribution in [2.45, 2.75) is 45.4 Å². The number of carboxylic acids is 1. The molecule has 0 aromatic rings. The molecule has 1 aliphatic carbocycles. The van der Waals surface area contributed by atoms with Crippen LogP contribution in [0.2, 0.25) is 0 Å². The minimum Gasteiger partial charge on any atom is -0.481 e. The topological polar surface area (TPSA) is 74.7 Å². The quantitative estimate of drug-likeness (QED) is 0.577. The average Bonchev–Trinajstić information content (AvgIpc) is 2.72. The van der Waals surface area contributed by atoms with Crippen LogP contribution in [0.5, 0.6) is 0 Å². The Kier molecular flexibility index (Phi) is 5.15. The summed E-state index contributed by atoms with van der Waals surface area (Å²) in [6, 6.07) is 0. The number of allylic oxidation sites excluding steroid dienone is 2. The molecule has 2 rings (SSSR count). The van der Waals surface area contributed by atoms with E-state index < -0.39 is 5.97 Å². The number of fused-ring (bicyclic) bond motifs is 1. The summed E-state index contributed by atoms with van der Waals surface area (Å²) in [6.45, 7) is 2.45. The number of rotatable bonds is 7. The second-order valence-corrected chi connectivity index (χ2v) is 5.98. The van der Waals surface area contributed by atoms with Crippen molar-refractivity contribution in [2.75, 3.05) is 6.54 Å². The molecule has 3 atom stereocenters. The van der Waals surface area contributed by atoms with E-state index in [1.807, 2.05) is 19.1 Å². The molecule has 5 nitrogen and oxygen atoms in total. The van der Waals surface area contributed by atoms with Crippen molar-refractivity contribution in [3.63, 3.8) is 0 Å². The van der Waals surface area contributed by atoms with E-state index in [4.69, 9.17) is 5.11 Å². The van der Waals surface area contributed by atoms with Crippen molar-refractivity contribution in [2.24, 2.45) is 17.8 Å². The molecule has 1 heterocycles. The van der Waals surface area contributed by atoms with Gasteiger partial charge in [0.25, 0.3) is 0 Å². The predicted octanol–water partition coefficient (Wildman–Crippen LogP) is 2.22. The molecule has 2 aliphatic rings. The lowest BCUT2D eigenvalue weighted by Crippen LogP contribution is -2.33. The van der Waals surface area contributed by atoms with Crippen LogP contribution in [-0.4, -0.2) is 34.3 Å². The average molecular weight is 293 g/mol. The van der Waals surface area contributed by atoms with Gasteiger partial charge >= 0.3 is 5.97 Å². The number of hydrogen-bond donors (Lipinski definition) is 1. The molecule has 1 unspecified atom stereocenters. The first-order chi connectivity index (χ1) is 10.0. The Labute approximate surface area is 125 Å². The Morgan fingerprint density at radius 1 is 1.24 bits per heavy atom. The van der Waals surface area contributed by atoms with Crippen LogP contribution in [0.1, 0.15) is 45.4 Å². The van der Waals surface area contributed by atoms with E-state index >= 15 is 0 Å². The number of imide groups is 1. The molecule has 0 saturated carbocycles. The summed E-state index contributed by atoms with van der Waals surface area (Å²) in [5.41, 5.74) is 0. The van der Waals surface area contributed by atoms with E-state index in [1.54, 1.807) is 0 Å². The molecule has 0 radical (unpaired) electrons. The van der Waals surface area contributed by atoms with Gasteiger partial charge in [-0.2, -0.15) is 0 Å². The van der Waals surface area contributed by atoms with E-state index in [-0.39, 0.29) is 36.0 Å². The van der Waals surface area contributed by atoms with Gasteiger partial charge in [0.2, 0.25) is 11.8 Å². The second kappa shape index (κ2) is 6.87. The van der Waals surface area contributed by atoms with E-state index in [2.05, 4.69) is 0 Å². The third-order valence-corrected chi connectivity index (χ3v) is 4.70. The fourth-order valence-corrected chi connectivity index (χ4v) is 3.28. The van der Waals surface area contributed by atoms with Gasteiger partial charge in [0.15, 0.2) is 0 Å². The van der Waals surface area contributed by atoms with Crippen LogP contribution in [0, 0.1) is 17.8 Å². The monoisotopic (exact) mass is 293 g/mol. The standard InChI is InChI=1S/C16H23NO4/c1-2-11(7-8-14(18)19)9-10-17-15(20)12-5-3-4-6-13(12)16(17)21/h3-4,11-13H,2,5-10H2,1H3,(H,18,19)/t11?,12-,13+. The highest BCUT2D eigenvalue weighted by molar-refractivity contribution is 6.05. The molecule has 0 spiro atoms. The molecule has 1 aliphatic heterocycles. The van der Waals surface area contributed by atoms with Crippen LogP contribution >= 0.6 is 0 Å². The molecule has 1 N–H and O–H groups in total. The van der Waals surface area contributed by atoms with Crippen molar-refractivity contribution >= 4 is 17.8 Å². The van der Waals surface area contributed by atoms with Crippen LogP contribution in [-0.2, 0) is 14.4 Å². The SMILES string of the molecule is CCC(CCC(=O)O)CCN1C(=O)[C@H]2CC=CC[C@H]2C1=O. The van der Waals surface area contributed by atoms with Crippen molar-refractivity contribution in [3.05, 3.63) is 12.2 Å². The smallest absolute Gasteiger partial charge is 0.303 e. The van der Waals surface area contributed by atoms with Gasteiger partial charge < -0.3 is 5.11 Å². The first-order valence-electron chi connectivity index (χ1n) is 7.76. The Bertz CT molecular complexity index is 431. The van der Waals surface area contributed by atoms with Crippen molar-refractivity contribution in [1.82, 2.24) is 4.90 Å². The second-order valence-electron chi connectivity index (χ2n) is 5.98. The summed E-state index contributed by atoms with van der Waals surface area (Å²) in [7, 11) is 0. The van der Waals surface area contributed by atoms with Gasteiger partial charge in [-0.25, -0.2) is 0 Å². The van der Waals surface area contributed by atoms with Crippen LogP contribution in [0.15, 0.2) is 12.2 Å². The van der Waals surface area contributed by atoms with Crippen molar-refractivity contribution < 1.29 is 19.5 Å². The maximum Gasteiger partial charge on any atom is 0.303 e.